The molecule has 2 unspecified atom stereocenters. The first kappa shape index (κ1) is 14.8. The molecule has 5 nitrogen and oxygen atoms in total. The number of likely N-dealkylation sites (tertiary alicyclic amines) is 1. The van der Waals surface area contributed by atoms with Crippen LogP contribution in [0, 0.1) is 11.8 Å². The van der Waals surface area contributed by atoms with Crippen molar-refractivity contribution in [2.45, 2.75) is 52.6 Å². The SMILES string of the molecule is CCc1nn(CC)c(CN2C(=O)C3CCCC3C2=O)c1Br. The summed E-state index contributed by atoms with van der Waals surface area (Å²) in [5, 5.41) is 4.53. The normalized spacial score (nSPS) is 25.0. The fraction of sp³-hybridized carbons (Fsp3) is 0.667. The van der Waals surface area contributed by atoms with Crippen molar-refractivity contribution in [2.24, 2.45) is 11.8 Å². The second-order valence-electron chi connectivity index (χ2n) is 5.78. The van der Waals surface area contributed by atoms with E-state index in [9.17, 15) is 9.59 Å². The standard InChI is InChI=1S/C15H20BrN3O2/c1-3-11-13(16)12(19(4-2)17-11)8-18-14(20)9-6-5-7-10(9)15(18)21/h9-10H,3-8H2,1-2H3. The monoisotopic (exact) mass is 353 g/mol. The zero-order chi connectivity index (χ0) is 15.1. The number of hydrogen-bond acceptors (Lipinski definition) is 3. The molecule has 1 saturated carbocycles. The lowest BCUT2D eigenvalue weighted by atomic mass is 10.00. The summed E-state index contributed by atoms with van der Waals surface area (Å²) in [7, 11) is 0. The highest BCUT2D eigenvalue weighted by molar-refractivity contribution is 9.10. The zero-order valence-electron chi connectivity index (χ0n) is 12.4. The van der Waals surface area contributed by atoms with Crippen LogP contribution in [-0.2, 0) is 29.1 Å². The highest BCUT2D eigenvalue weighted by atomic mass is 79.9. The van der Waals surface area contributed by atoms with E-state index < -0.39 is 0 Å². The highest BCUT2D eigenvalue weighted by Crippen LogP contribution is 2.40. The molecular weight excluding hydrogens is 334 g/mol. The molecule has 0 bridgehead atoms. The topological polar surface area (TPSA) is 55.2 Å². The van der Waals surface area contributed by atoms with E-state index in [2.05, 4.69) is 21.0 Å². The van der Waals surface area contributed by atoms with Gasteiger partial charge in [-0.25, -0.2) is 0 Å². The first-order chi connectivity index (χ1) is 10.1. The number of fused-ring (bicyclic) bond motifs is 1. The van der Waals surface area contributed by atoms with E-state index in [1.165, 1.54) is 4.90 Å². The molecule has 114 valence electrons. The van der Waals surface area contributed by atoms with Gasteiger partial charge in [-0.15, -0.1) is 0 Å². The summed E-state index contributed by atoms with van der Waals surface area (Å²) < 4.78 is 2.82. The summed E-state index contributed by atoms with van der Waals surface area (Å²) >= 11 is 3.58. The van der Waals surface area contributed by atoms with Crippen LogP contribution >= 0.6 is 15.9 Å². The van der Waals surface area contributed by atoms with E-state index in [-0.39, 0.29) is 23.7 Å². The molecule has 2 fully saturated rings. The number of amides is 2. The van der Waals surface area contributed by atoms with Crippen LogP contribution in [0.5, 0.6) is 0 Å². The fourth-order valence-corrected chi connectivity index (χ4v) is 4.22. The van der Waals surface area contributed by atoms with E-state index in [4.69, 9.17) is 0 Å². The Morgan fingerprint density at radius 3 is 2.33 bits per heavy atom. The van der Waals surface area contributed by atoms with Crippen LogP contribution in [0.1, 0.15) is 44.5 Å². The molecule has 1 saturated heterocycles. The molecule has 3 rings (SSSR count). The van der Waals surface area contributed by atoms with Gasteiger partial charge in [0, 0.05) is 6.54 Å². The van der Waals surface area contributed by atoms with Crippen molar-refractivity contribution in [1.82, 2.24) is 14.7 Å². The maximum Gasteiger partial charge on any atom is 0.233 e. The Morgan fingerprint density at radius 1 is 1.19 bits per heavy atom. The molecule has 1 aliphatic carbocycles. The van der Waals surface area contributed by atoms with Gasteiger partial charge in [0.1, 0.15) is 0 Å². The average Bonchev–Trinajstić information content (AvgIpc) is 3.13. The van der Waals surface area contributed by atoms with Crippen molar-refractivity contribution in [3.63, 3.8) is 0 Å². The maximum absolute atomic E-state index is 12.4. The molecule has 0 spiro atoms. The number of imide groups is 1. The Hall–Kier alpha value is -1.17. The lowest BCUT2D eigenvalue weighted by Crippen LogP contribution is -2.32. The zero-order valence-corrected chi connectivity index (χ0v) is 14.0. The van der Waals surface area contributed by atoms with Crippen LogP contribution in [0.4, 0.5) is 0 Å². The predicted octanol–water partition coefficient (Wildman–Crippen LogP) is 2.51. The molecule has 6 heteroatoms. The molecule has 1 aromatic rings. The Labute approximate surface area is 132 Å². The van der Waals surface area contributed by atoms with Crippen molar-refractivity contribution in [1.29, 1.82) is 0 Å². The lowest BCUT2D eigenvalue weighted by Gasteiger charge is -2.16. The summed E-state index contributed by atoms with van der Waals surface area (Å²) in [5.41, 5.74) is 1.90. The summed E-state index contributed by atoms with van der Waals surface area (Å²) in [6.45, 7) is 5.14. The van der Waals surface area contributed by atoms with Crippen molar-refractivity contribution in [2.75, 3.05) is 0 Å². The Kier molecular flexibility index (Phi) is 3.90. The van der Waals surface area contributed by atoms with Crippen molar-refractivity contribution >= 4 is 27.7 Å². The van der Waals surface area contributed by atoms with E-state index in [0.717, 1.165) is 48.1 Å². The number of nitrogens with zero attached hydrogens (tertiary/aromatic N) is 3. The van der Waals surface area contributed by atoms with Gasteiger partial charge in [-0.3, -0.25) is 19.2 Å². The molecule has 2 heterocycles. The van der Waals surface area contributed by atoms with Gasteiger partial charge in [0.2, 0.25) is 11.8 Å². The maximum atomic E-state index is 12.4. The Bertz CT molecular complexity index is 574. The summed E-state index contributed by atoms with van der Waals surface area (Å²) in [6, 6.07) is 0. The third-order valence-corrected chi connectivity index (χ3v) is 5.60. The number of rotatable bonds is 4. The lowest BCUT2D eigenvalue weighted by molar-refractivity contribution is -0.141. The minimum absolute atomic E-state index is 0.0105. The second kappa shape index (κ2) is 5.55. The van der Waals surface area contributed by atoms with Gasteiger partial charge >= 0.3 is 0 Å². The van der Waals surface area contributed by atoms with Crippen LogP contribution < -0.4 is 0 Å². The van der Waals surface area contributed by atoms with Crippen LogP contribution in [0.25, 0.3) is 0 Å². The smallest absolute Gasteiger partial charge is 0.233 e. The summed E-state index contributed by atoms with van der Waals surface area (Å²) in [5.74, 6) is -0.118. The molecule has 0 aromatic carbocycles. The van der Waals surface area contributed by atoms with E-state index in [0.29, 0.717) is 6.54 Å². The number of aryl methyl sites for hydroxylation is 2. The molecule has 1 aromatic heterocycles. The third-order valence-electron chi connectivity index (χ3n) is 4.68. The third kappa shape index (κ3) is 2.24. The molecule has 0 radical (unpaired) electrons. The number of halogens is 1. The Morgan fingerprint density at radius 2 is 1.81 bits per heavy atom. The van der Waals surface area contributed by atoms with Gasteiger partial charge in [-0.1, -0.05) is 13.3 Å². The predicted molar refractivity (Wildman–Crippen MR) is 81.4 cm³/mol. The largest absolute Gasteiger partial charge is 0.276 e. The molecule has 2 atom stereocenters. The number of carbonyl (C=O) groups excluding carboxylic acids is 2. The number of aromatic nitrogens is 2. The second-order valence-corrected chi connectivity index (χ2v) is 6.58. The quantitative estimate of drug-likeness (QED) is 0.781. The van der Waals surface area contributed by atoms with E-state index in [1.54, 1.807) is 0 Å². The van der Waals surface area contributed by atoms with Gasteiger partial charge in [0.05, 0.1) is 34.2 Å². The van der Waals surface area contributed by atoms with Crippen LogP contribution in [0.3, 0.4) is 0 Å². The molecule has 0 N–H and O–H groups in total. The average molecular weight is 354 g/mol. The summed E-state index contributed by atoms with van der Waals surface area (Å²) in [6.07, 6.45) is 3.55. The first-order valence-electron chi connectivity index (χ1n) is 7.67. The van der Waals surface area contributed by atoms with Gasteiger partial charge in [0.25, 0.3) is 0 Å². The van der Waals surface area contributed by atoms with E-state index >= 15 is 0 Å². The molecule has 2 aliphatic rings. The van der Waals surface area contributed by atoms with Gasteiger partial charge in [-0.05, 0) is 42.1 Å². The van der Waals surface area contributed by atoms with Crippen molar-refractivity contribution in [3.05, 3.63) is 15.9 Å². The number of hydrogen-bond donors (Lipinski definition) is 0. The van der Waals surface area contributed by atoms with Gasteiger partial charge in [0.15, 0.2) is 0 Å². The first-order valence-corrected chi connectivity index (χ1v) is 8.47. The molecule has 21 heavy (non-hydrogen) atoms. The van der Waals surface area contributed by atoms with E-state index in [1.807, 2.05) is 18.5 Å². The minimum atomic E-state index is -0.0695. The molecular formula is C15H20BrN3O2. The minimum Gasteiger partial charge on any atom is -0.276 e. The van der Waals surface area contributed by atoms with Crippen molar-refractivity contribution in [3.8, 4) is 0 Å². The molecule has 2 amide bonds. The molecule has 1 aliphatic heterocycles. The van der Waals surface area contributed by atoms with Crippen LogP contribution in [0.15, 0.2) is 4.47 Å². The van der Waals surface area contributed by atoms with Crippen LogP contribution in [-0.4, -0.2) is 26.5 Å². The summed E-state index contributed by atoms with van der Waals surface area (Å²) in [4.78, 5) is 26.3. The van der Waals surface area contributed by atoms with Gasteiger partial charge < -0.3 is 0 Å². The fourth-order valence-electron chi connectivity index (χ4n) is 3.53. The number of carbonyl (C=O) groups is 2. The van der Waals surface area contributed by atoms with Gasteiger partial charge in [-0.2, -0.15) is 5.10 Å². The van der Waals surface area contributed by atoms with Crippen LogP contribution in [0.2, 0.25) is 0 Å². The van der Waals surface area contributed by atoms with Crippen molar-refractivity contribution < 1.29 is 9.59 Å². The Balaban J connectivity index is 1.89. The highest BCUT2D eigenvalue weighted by Gasteiger charge is 2.49.